The summed E-state index contributed by atoms with van der Waals surface area (Å²) in [5.74, 6) is -2.80. The molecule has 2 aliphatic carbocycles. The molecule has 0 radical (unpaired) electrons. The summed E-state index contributed by atoms with van der Waals surface area (Å²) in [5, 5.41) is 39.2. The molecule has 220 valence electrons. The molecule has 0 amide bonds. The molecule has 0 bridgehead atoms. The van der Waals surface area contributed by atoms with Crippen LogP contribution in [-0.4, -0.2) is 0 Å². The van der Waals surface area contributed by atoms with Crippen LogP contribution >= 0.6 is 0 Å². The second-order valence-electron chi connectivity index (χ2n) is 9.96. The first-order valence-corrected chi connectivity index (χ1v) is 13.0. The Balaban J connectivity index is 2.02. The molecule has 0 unspecified atom stereocenters. The Labute approximate surface area is 263 Å². The molecule has 3 aromatic carbocycles. The molecule has 5 rings (SSSR count). The number of nitriles is 4. The Bertz CT molecular complexity index is 2390. The Morgan fingerprint density at radius 2 is 1.23 bits per heavy atom. The maximum absolute atomic E-state index is 17.1. The molecule has 47 heavy (non-hydrogen) atoms. The monoisotopic (exact) mass is 623 g/mol. The molecule has 0 saturated carbocycles. The van der Waals surface area contributed by atoms with Crippen LogP contribution in [0.3, 0.4) is 0 Å². The van der Waals surface area contributed by atoms with Crippen molar-refractivity contribution in [3.8, 4) is 24.3 Å². The van der Waals surface area contributed by atoms with Gasteiger partial charge in [0.1, 0.15) is 17.7 Å². The fourth-order valence-electron chi connectivity index (χ4n) is 5.65. The number of hydrogen-bond donors (Lipinski definition) is 0. The molecule has 0 spiro atoms. The maximum Gasteiger partial charge on any atom is 0.417 e. The third-order valence-electron chi connectivity index (χ3n) is 7.56. The molecule has 2 aliphatic rings. The minimum absolute atomic E-state index is 0.148. The van der Waals surface area contributed by atoms with Crippen LogP contribution in [0.5, 0.6) is 0 Å². The number of allylic oxidation sites excluding steroid dienone is 7. The van der Waals surface area contributed by atoms with E-state index in [4.69, 9.17) is 19.7 Å². The molecule has 0 aliphatic heterocycles. The van der Waals surface area contributed by atoms with Crippen LogP contribution in [0.15, 0.2) is 53.9 Å². The first kappa shape index (κ1) is 31.1. The second-order valence-corrected chi connectivity index (χ2v) is 9.96. The highest BCUT2D eigenvalue weighted by atomic mass is 19.4. The fourth-order valence-corrected chi connectivity index (χ4v) is 5.65. The molecule has 0 heterocycles. The minimum atomic E-state index is -5.08. The average molecular weight is 624 g/mol. The summed E-state index contributed by atoms with van der Waals surface area (Å²) in [6.45, 7) is 24.8. The Kier molecular flexibility index (Phi) is 7.50. The van der Waals surface area contributed by atoms with Gasteiger partial charge in [0.15, 0.2) is 0 Å². The molecule has 0 atom stereocenters. The number of rotatable bonds is 2. The van der Waals surface area contributed by atoms with Crippen molar-refractivity contribution in [2.45, 2.75) is 13.1 Å². The van der Waals surface area contributed by atoms with Gasteiger partial charge < -0.3 is 0 Å². The van der Waals surface area contributed by atoms with E-state index in [2.05, 4.69) is 14.5 Å². The Hall–Kier alpha value is -7.30. The van der Waals surface area contributed by atoms with E-state index >= 15 is 8.78 Å². The van der Waals surface area contributed by atoms with E-state index in [1.165, 1.54) is 24.3 Å². The number of halogens is 5. The average Bonchev–Trinajstić information content (AvgIpc) is 3.59. The number of alkyl halides is 3. The smallest absolute Gasteiger partial charge is 0.237 e. The van der Waals surface area contributed by atoms with Crippen molar-refractivity contribution in [2.24, 2.45) is 0 Å². The zero-order valence-electron chi connectivity index (χ0n) is 23.6. The van der Waals surface area contributed by atoms with Gasteiger partial charge in [-0.3, -0.25) is 0 Å². The van der Waals surface area contributed by atoms with Crippen LogP contribution < -0.4 is 0 Å². The van der Waals surface area contributed by atoms with Gasteiger partial charge in [0.05, 0.1) is 54.6 Å². The molecule has 0 aromatic heterocycles. The van der Waals surface area contributed by atoms with Crippen molar-refractivity contribution in [1.29, 1.82) is 21.0 Å². The number of aryl methyl sites for hydroxylation is 1. The largest absolute Gasteiger partial charge is 0.417 e. The molecule has 12 heteroatoms. The quantitative estimate of drug-likeness (QED) is 0.162. The minimum Gasteiger partial charge on any atom is -0.237 e. The van der Waals surface area contributed by atoms with Gasteiger partial charge in [-0.15, -0.1) is 0 Å². The van der Waals surface area contributed by atoms with Crippen LogP contribution in [-0.2, 0) is 6.18 Å². The highest BCUT2D eigenvalue weighted by Gasteiger charge is 2.44. The summed E-state index contributed by atoms with van der Waals surface area (Å²) in [5.41, 5.74) is -9.56. The van der Waals surface area contributed by atoms with Gasteiger partial charge in [0, 0.05) is 27.8 Å². The summed E-state index contributed by atoms with van der Waals surface area (Å²) in [6.07, 6.45) is -5.08. The summed E-state index contributed by atoms with van der Waals surface area (Å²) < 4.78 is 75.8. The highest BCUT2D eigenvalue weighted by molar-refractivity contribution is 6.29. The Morgan fingerprint density at radius 3 is 1.72 bits per heavy atom. The van der Waals surface area contributed by atoms with Crippen molar-refractivity contribution < 1.29 is 22.0 Å². The van der Waals surface area contributed by atoms with E-state index in [-0.39, 0.29) is 11.1 Å². The molecule has 7 nitrogen and oxygen atoms in total. The van der Waals surface area contributed by atoms with Crippen molar-refractivity contribution >= 4 is 33.6 Å². The third-order valence-corrected chi connectivity index (χ3v) is 7.56. The van der Waals surface area contributed by atoms with E-state index in [0.717, 1.165) is 17.7 Å². The number of hydrogen-bond acceptors (Lipinski definition) is 4. The summed E-state index contributed by atoms with van der Waals surface area (Å²) in [6, 6.07) is 14.7. The van der Waals surface area contributed by atoms with E-state index in [0.29, 0.717) is 6.07 Å². The molecular weight excluding hydrogens is 613 g/mol. The lowest BCUT2D eigenvalue weighted by Crippen LogP contribution is -2.08. The number of benzene rings is 3. The predicted molar refractivity (Wildman–Crippen MR) is 158 cm³/mol. The van der Waals surface area contributed by atoms with Crippen LogP contribution in [0.1, 0.15) is 50.1 Å². The van der Waals surface area contributed by atoms with Gasteiger partial charge in [-0.1, -0.05) is 35.9 Å². The number of fused-ring (bicyclic) bond motifs is 2. The van der Waals surface area contributed by atoms with Gasteiger partial charge in [-0.2, -0.15) is 23.7 Å². The van der Waals surface area contributed by atoms with Crippen LogP contribution in [0.25, 0.3) is 48.1 Å². The van der Waals surface area contributed by atoms with Crippen molar-refractivity contribution in [3.63, 3.8) is 0 Å². The fraction of sp³-hybridized carbons (Fsp3) is 0.0571. The van der Waals surface area contributed by atoms with Crippen LogP contribution in [0.4, 0.5) is 22.0 Å². The normalized spacial score (nSPS) is 15.2. The maximum atomic E-state index is 17.1. The van der Waals surface area contributed by atoms with Crippen LogP contribution in [0.2, 0.25) is 0 Å². The second kappa shape index (κ2) is 11.3. The lowest BCUT2D eigenvalue weighted by atomic mass is 9.89. The predicted octanol–water partition coefficient (Wildman–Crippen LogP) is 8.72. The zero-order valence-corrected chi connectivity index (χ0v) is 23.6. The number of nitrogens with zero attached hydrogens (tertiary/aromatic N) is 7. The van der Waals surface area contributed by atoms with E-state index in [1.54, 1.807) is 31.2 Å². The third kappa shape index (κ3) is 4.49. The van der Waals surface area contributed by atoms with Gasteiger partial charge in [0.2, 0.25) is 5.70 Å². The van der Waals surface area contributed by atoms with Crippen molar-refractivity contribution in [1.82, 2.24) is 0 Å². The topological polar surface area (TPSA) is 108 Å². The molecule has 3 aromatic rings. The van der Waals surface area contributed by atoms with Gasteiger partial charge >= 0.3 is 6.18 Å². The lowest BCUT2D eigenvalue weighted by Gasteiger charge is -2.16. The zero-order chi connectivity index (χ0) is 34.4. The van der Waals surface area contributed by atoms with Gasteiger partial charge in [-0.25, -0.2) is 33.8 Å². The molecule has 0 fully saturated rings. The molecule has 0 saturated heterocycles. The van der Waals surface area contributed by atoms with Crippen molar-refractivity contribution in [3.05, 3.63) is 150 Å². The first-order chi connectivity index (χ1) is 22.4. The first-order valence-electron chi connectivity index (χ1n) is 13.0. The van der Waals surface area contributed by atoms with Gasteiger partial charge in [-0.05, 0) is 46.9 Å². The SMILES string of the molecule is [C-]#[N+]C1=C(c2ccc(C)cc2)/C(=C(/C#N)[N+]#[C-])c2c(F)c3c(c(F)c21)C(C#N)=C(c1ccc(C#N)c(C(F)(F)F)c1)/C3=C(\C#N)[N+]#[C-]. The highest BCUT2D eigenvalue weighted by Crippen LogP contribution is 2.57. The van der Waals surface area contributed by atoms with E-state index in [1.807, 2.05) is 0 Å². The van der Waals surface area contributed by atoms with Crippen molar-refractivity contribution in [2.75, 3.05) is 0 Å². The summed E-state index contributed by atoms with van der Waals surface area (Å²) in [7, 11) is 0. The van der Waals surface area contributed by atoms with Crippen LogP contribution in [0, 0.1) is 83.6 Å². The standard InChI is InChI=1S/C35H10F5N7/c1-16-5-7-17(8-6-16)25-28(23(15-44)46-3)30-31(34(25)47-4)32(36)26-20(13-42)24(27(22(14-43)45-2)29(26)33(30)37)18-9-10-19(12-41)21(11-18)35(38,39)40/h5-11H,1H3/b27-22-,28-23+. The summed E-state index contributed by atoms with van der Waals surface area (Å²) >= 11 is 0. The Morgan fingerprint density at radius 1 is 0.702 bits per heavy atom. The summed E-state index contributed by atoms with van der Waals surface area (Å²) in [4.78, 5) is 9.67. The molecule has 0 N–H and O–H groups in total. The lowest BCUT2D eigenvalue weighted by molar-refractivity contribution is -0.137. The van der Waals surface area contributed by atoms with E-state index in [9.17, 15) is 34.2 Å². The molecular formula is C35H10F5N7. The van der Waals surface area contributed by atoms with E-state index < -0.39 is 96.1 Å². The van der Waals surface area contributed by atoms with Gasteiger partial charge in [0.25, 0.3) is 11.4 Å².